The van der Waals surface area contributed by atoms with Gasteiger partial charge >= 0.3 is 6.03 Å². The summed E-state index contributed by atoms with van der Waals surface area (Å²) in [6.45, 7) is -0.0140. The lowest BCUT2D eigenvalue weighted by Gasteiger charge is -2.22. The number of fused-ring (bicyclic) bond motifs is 3. The van der Waals surface area contributed by atoms with Crippen LogP contribution < -0.4 is 5.32 Å². The van der Waals surface area contributed by atoms with E-state index >= 15 is 0 Å². The molecule has 27 heavy (non-hydrogen) atoms. The number of benzene rings is 2. The maximum absolute atomic E-state index is 14.0. The molecular weight excluding hydrogens is 345 g/mol. The second-order valence-corrected chi connectivity index (χ2v) is 7.02. The minimum atomic E-state index is -1.01. The Kier molecular flexibility index (Phi) is 3.31. The van der Waals surface area contributed by atoms with E-state index in [2.05, 4.69) is 10.3 Å². The first-order valence-corrected chi connectivity index (χ1v) is 8.84. The fourth-order valence-electron chi connectivity index (χ4n) is 4.25. The van der Waals surface area contributed by atoms with Crippen LogP contribution in [0.25, 0.3) is 10.9 Å². The summed E-state index contributed by atoms with van der Waals surface area (Å²) in [7, 11) is 0. The van der Waals surface area contributed by atoms with E-state index < -0.39 is 17.4 Å². The molecule has 1 N–H and O–H groups in total. The molecule has 1 aromatic heterocycles. The number of rotatable bonds is 2. The highest BCUT2D eigenvalue weighted by Crippen LogP contribution is 2.41. The number of aromatic nitrogens is 1. The fraction of sp³-hybridized carbons (Fsp3) is 0.190. The van der Waals surface area contributed by atoms with E-state index in [4.69, 9.17) is 0 Å². The summed E-state index contributed by atoms with van der Waals surface area (Å²) in [5, 5.41) is 3.53. The number of nitrogens with zero attached hydrogens (tertiary/aromatic N) is 2. The fourth-order valence-corrected chi connectivity index (χ4v) is 4.25. The molecule has 3 aromatic rings. The molecule has 0 saturated carbocycles. The average molecular weight is 361 g/mol. The highest BCUT2D eigenvalue weighted by molar-refractivity contribution is 6.08. The van der Waals surface area contributed by atoms with Gasteiger partial charge in [-0.3, -0.25) is 14.7 Å². The summed E-state index contributed by atoms with van der Waals surface area (Å²) in [6, 6.07) is 13.4. The number of aryl methyl sites for hydroxylation is 1. The third kappa shape index (κ3) is 2.26. The summed E-state index contributed by atoms with van der Waals surface area (Å²) < 4.78 is 14.0. The molecule has 1 spiro atoms. The minimum Gasteiger partial charge on any atom is -0.319 e. The number of halogens is 1. The summed E-state index contributed by atoms with van der Waals surface area (Å²) in [4.78, 5) is 31.4. The second-order valence-electron chi connectivity index (χ2n) is 7.02. The Labute approximate surface area is 154 Å². The molecule has 0 radical (unpaired) electrons. The van der Waals surface area contributed by atoms with Gasteiger partial charge in [-0.05, 0) is 42.2 Å². The zero-order chi connectivity index (χ0) is 18.6. The smallest absolute Gasteiger partial charge is 0.319 e. The maximum atomic E-state index is 14.0. The van der Waals surface area contributed by atoms with Crippen molar-refractivity contribution in [3.05, 3.63) is 77.2 Å². The number of nitrogens with one attached hydrogen (secondary N) is 1. The van der Waals surface area contributed by atoms with Gasteiger partial charge in [-0.2, -0.15) is 0 Å². The monoisotopic (exact) mass is 361 g/mol. The Morgan fingerprint density at radius 2 is 2.00 bits per heavy atom. The molecule has 0 bridgehead atoms. The predicted octanol–water partition coefficient (Wildman–Crippen LogP) is 3.27. The van der Waals surface area contributed by atoms with Crippen molar-refractivity contribution < 1.29 is 14.0 Å². The van der Waals surface area contributed by atoms with Gasteiger partial charge in [-0.1, -0.05) is 30.3 Å². The number of carbonyl (C=O) groups excluding carboxylic acids is 2. The van der Waals surface area contributed by atoms with Crippen LogP contribution in [0.4, 0.5) is 9.18 Å². The average Bonchev–Trinajstić information content (AvgIpc) is 3.15. The summed E-state index contributed by atoms with van der Waals surface area (Å²) in [6.07, 6.45) is 2.89. The lowest BCUT2D eigenvalue weighted by Crippen LogP contribution is -2.41. The molecule has 1 saturated heterocycles. The van der Waals surface area contributed by atoms with E-state index in [1.54, 1.807) is 18.3 Å². The Morgan fingerprint density at radius 1 is 1.15 bits per heavy atom. The zero-order valence-corrected chi connectivity index (χ0v) is 14.4. The van der Waals surface area contributed by atoms with E-state index in [9.17, 15) is 14.0 Å². The number of amides is 3. The first kappa shape index (κ1) is 15.9. The van der Waals surface area contributed by atoms with Gasteiger partial charge in [0.15, 0.2) is 0 Å². The van der Waals surface area contributed by atoms with Gasteiger partial charge in [0.25, 0.3) is 5.91 Å². The van der Waals surface area contributed by atoms with Gasteiger partial charge < -0.3 is 5.32 Å². The molecule has 134 valence electrons. The Morgan fingerprint density at radius 3 is 2.89 bits per heavy atom. The van der Waals surface area contributed by atoms with Crippen LogP contribution in [0.15, 0.2) is 54.7 Å². The molecule has 1 aliphatic heterocycles. The van der Waals surface area contributed by atoms with Gasteiger partial charge in [0.2, 0.25) is 0 Å². The highest BCUT2D eigenvalue weighted by atomic mass is 19.1. The number of carbonyl (C=O) groups is 2. The quantitative estimate of drug-likeness (QED) is 0.713. The van der Waals surface area contributed by atoms with Gasteiger partial charge in [0, 0.05) is 17.1 Å². The number of urea groups is 1. The topological polar surface area (TPSA) is 62.3 Å². The lowest BCUT2D eigenvalue weighted by molar-refractivity contribution is -0.132. The van der Waals surface area contributed by atoms with Crippen molar-refractivity contribution in [3.63, 3.8) is 0 Å². The zero-order valence-electron chi connectivity index (χ0n) is 14.4. The summed E-state index contributed by atoms with van der Waals surface area (Å²) >= 11 is 0. The van der Waals surface area contributed by atoms with Crippen molar-refractivity contribution in [3.8, 4) is 0 Å². The molecule has 5 nitrogen and oxygen atoms in total. The van der Waals surface area contributed by atoms with Crippen molar-refractivity contribution >= 4 is 22.8 Å². The third-order valence-electron chi connectivity index (χ3n) is 5.50. The van der Waals surface area contributed by atoms with E-state index in [0.29, 0.717) is 22.9 Å². The molecule has 1 unspecified atom stereocenters. The highest BCUT2D eigenvalue weighted by Gasteiger charge is 2.55. The molecule has 6 heteroatoms. The number of hydrogen-bond donors (Lipinski definition) is 1. The standard InChI is InChI=1S/C21H16FN3O2/c22-16-10-14-5-3-9-23-18(14)15(11-16)12-25-19(26)21(24-20(25)27)8-7-13-4-1-2-6-17(13)21/h1-6,9-11H,7-8,12H2,(H,24,27). The van der Waals surface area contributed by atoms with Gasteiger partial charge in [0.1, 0.15) is 11.4 Å². The number of imide groups is 1. The normalized spacial score (nSPS) is 21.1. The maximum Gasteiger partial charge on any atom is 0.325 e. The number of pyridine rings is 1. The van der Waals surface area contributed by atoms with Crippen LogP contribution in [-0.4, -0.2) is 21.8 Å². The van der Waals surface area contributed by atoms with Crippen molar-refractivity contribution in [2.24, 2.45) is 0 Å². The molecule has 2 heterocycles. The minimum absolute atomic E-state index is 0.0140. The van der Waals surface area contributed by atoms with Crippen LogP contribution in [0.3, 0.4) is 0 Å². The Bertz CT molecular complexity index is 1110. The van der Waals surface area contributed by atoms with Crippen LogP contribution in [0.5, 0.6) is 0 Å². The van der Waals surface area contributed by atoms with Crippen LogP contribution in [-0.2, 0) is 23.3 Å². The molecule has 2 aliphatic rings. The summed E-state index contributed by atoms with van der Waals surface area (Å²) in [5.41, 5.74) is 2.02. The predicted molar refractivity (Wildman–Crippen MR) is 97.2 cm³/mol. The molecule has 2 aromatic carbocycles. The van der Waals surface area contributed by atoms with E-state index in [1.807, 2.05) is 24.3 Å². The Balaban J connectivity index is 1.55. The first-order chi connectivity index (χ1) is 13.1. The van der Waals surface area contributed by atoms with Gasteiger partial charge in [-0.25, -0.2) is 9.18 Å². The second kappa shape index (κ2) is 5.61. The van der Waals surface area contributed by atoms with Crippen molar-refractivity contribution in [1.82, 2.24) is 15.2 Å². The van der Waals surface area contributed by atoms with Crippen molar-refractivity contribution in [1.29, 1.82) is 0 Å². The van der Waals surface area contributed by atoms with Crippen LogP contribution in [0.1, 0.15) is 23.1 Å². The first-order valence-electron chi connectivity index (χ1n) is 8.84. The van der Waals surface area contributed by atoms with E-state index in [0.717, 1.165) is 17.5 Å². The Hall–Kier alpha value is -3.28. The molecule has 1 aliphatic carbocycles. The van der Waals surface area contributed by atoms with E-state index in [1.165, 1.54) is 17.0 Å². The van der Waals surface area contributed by atoms with Gasteiger partial charge in [0.05, 0.1) is 12.1 Å². The lowest BCUT2D eigenvalue weighted by atomic mass is 9.92. The number of hydrogen-bond acceptors (Lipinski definition) is 3. The van der Waals surface area contributed by atoms with Crippen molar-refractivity contribution in [2.75, 3.05) is 0 Å². The molecule has 1 fully saturated rings. The van der Waals surface area contributed by atoms with Crippen molar-refractivity contribution in [2.45, 2.75) is 24.9 Å². The molecule has 1 atom stereocenters. The van der Waals surface area contributed by atoms with E-state index in [-0.39, 0.29) is 12.5 Å². The van der Waals surface area contributed by atoms with Crippen LogP contribution >= 0.6 is 0 Å². The largest absolute Gasteiger partial charge is 0.325 e. The van der Waals surface area contributed by atoms with Crippen LogP contribution in [0.2, 0.25) is 0 Å². The SMILES string of the molecule is O=C1NC2(CCc3ccccc32)C(=O)N1Cc1cc(F)cc2cccnc12. The molecule has 5 rings (SSSR count). The van der Waals surface area contributed by atoms with Gasteiger partial charge in [-0.15, -0.1) is 0 Å². The third-order valence-corrected chi connectivity index (χ3v) is 5.50. The molecule has 3 amide bonds. The van der Waals surface area contributed by atoms with Crippen LogP contribution in [0, 0.1) is 5.82 Å². The molecular formula is C21H16FN3O2. The summed E-state index contributed by atoms with van der Waals surface area (Å²) in [5.74, 6) is -0.704.